The molecular formula is C23H24F2N4O4. The van der Waals surface area contributed by atoms with Gasteiger partial charge in [0.15, 0.2) is 0 Å². The van der Waals surface area contributed by atoms with Crippen LogP contribution in [0.5, 0.6) is 0 Å². The van der Waals surface area contributed by atoms with Crippen molar-refractivity contribution in [3.8, 4) is 0 Å². The molecule has 0 spiro atoms. The van der Waals surface area contributed by atoms with Gasteiger partial charge in [-0.3, -0.25) is 4.90 Å². The Kier molecular flexibility index (Phi) is 7.27. The first kappa shape index (κ1) is 23.7. The molecule has 174 valence electrons. The quantitative estimate of drug-likeness (QED) is 0.554. The van der Waals surface area contributed by atoms with Gasteiger partial charge in [0, 0.05) is 24.0 Å². The number of esters is 1. The van der Waals surface area contributed by atoms with Crippen molar-refractivity contribution in [1.29, 1.82) is 0 Å². The second-order valence-electron chi connectivity index (χ2n) is 7.35. The van der Waals surface area contributed by atoms with Crippen molar-refractivity contribution < 1.29 is 27.9 Å². The number of carbonyl (C=O) groups excluding carboxylic acids is 3. The number of urea groups is 2. The molecule has 0 saturated carbocycles. The van der Waals surface area contributed by atoms with E-state index in [1.807, 2.05) is 6.92 Å². The minimum Gasteiger partial charge on any atom is -0.466 e. The van der Waals surface area contributed by atoms with Crippen LogP contribution < -0.4 is 16.0 Å². The van der Waals surface area contributed by atoms with Crippen LogP contribution in [0, 0.1) is 11.6 Å². The normalized spacial score (nSPS) is 15.7. The van der Waals surface area contributed by atoms with E-state index in [4.69, 9.17) is 4.74 Å². The number of allylic oxidation sites excluding steroid dienone is 1. The fourth-order valence-electron chi connectivity index (χ4n) is 3.57. The van der Waals surface area contributed by atoms with Crippen molar-refractivity contribution in [1.82, 2.24) is 10.2 Å². The predicted molar refractivity (Wildman–Crippen MR) is 118 cm³/mol. The van der Waals surface area contributed by atoms with Crippen molar-refractivity contribution in [2.45, 2.75) is 26.3 Å². The van der Waals surface area contributed by atoms with E-state index in [-0.39, 0.29) is 17.3 Å². The summed E-state index contributed by atoms with van der Waals surface area (Å²) in [6.07, 6.45) is 0.701. The number of nitrogens with one attached hydrogen (secondary N) is 3. The third kappa shape index (κ3) is 5.28. The molecule has 1 aliphatic rings. The molecule has 2 aromatic rings. The molecule has 0 saturated heterocycles. The zero-order valence-electron chi connectivity index (χ0n) is 18.4. The van der Waals surface area contributed by atoms with Crippen LogP contribution in [-0.4, -0.2) is 36.6 Å². The van der Waals surface area contributed by atoms with Crippen LogP contribution in [0.25, 0.3) is 0 Å². The van der Waals surface area contributed by atoms with Crippen LogP contribution in [0.3, 0.4) is 0 Å². The van der Waals surface area contributed by atoms with Crippen LogP contribution in [-0.2, 0) is 9.53 Å². The van der Waals surface area contributed by atoms with E-state index < -0.39 is 29.7 Å². The van der Waals surface area contributed by atoms with E-state index in [1.165, 1.54) is 12.0 Å². The number of amides is 4. The van der Waals surface area contributed by atoms with E-state index in [1.54, 1.807) is 31.2 Å². The Morgan fingerprint density at radius 3 is 2.58 bits per heavy atom. The molecule has 1 unspecified atom stereocenters. The number of hydrogen-bond donors (Lipinski definition) is 3. The fourth-order valence-corrected chi connectivity index (χ4v) is 3.57. The van der Waals surface area contributed by atoms with Crippen molar-refractivity contribution >= 4 is 29.4 Å². The smallest absolute Gasteiger partial charge is 0.337 e. The number of nitrogens with zero attached hydrogens (tertiary/aromatic N) is 1. The maximum atomic E-state index is 13.8. The lowest BCUT2D eigenvalue weighted by molar-refractivity contribution is -0.136. The fraction of sp³-hybridized carbons (Fsp3) is 0.261. The number of carbonyl (C=O) groups is 3. The van der Waals surface area contributed by atoms with Crippen LogP contribution in [0.2, 0.25) is 0 Å². The number of hydrogen-bond acceptors (Lipinski definition) is 4. The molecule has 2 aromatic carbocycles. The molecule has 0 fully saturated rings. The van der Waals surface area contributed by atoms with Gasteiger partial charge in [-0.1, -0.05) is 19.1 Å². The van der Waals surface area contributed by atoms with Gasteiger partial charge in [-0.25, -0.2) is 23.2 Å². The summed E-state index contributed by atoms with van der Waals surface area (Å²) < 4.78 is 31.8. The summed E-state index contributed by atoms with van der Waals surface area (Å²) >= 11 is 0. The van der Waals surface area contributed by atoms with Gasteiger partial charge in [-0.05, 0) is 43.2 Å². The van der Waals surface area contributed by atoms with Crippen molar-refractivity contribution in [2.75, 3.05) is 24.3 Å². The summed E-state index contributed by atoms with van der Waals surface area (Å²) in [4.78, 5) is 39.0. The van der Waals surface area contributed by atoms with Gasteiger partial charge < -0.3 is 20.7 Å². The number of benzene rings is 2. The third-order valence-corrected chi connectivity index (χ3v) is 5.11. The topological polar surface area (TPSA) is 99.8 Å². The Balaban J connectivity index is 1.86. The van der Waals surface area contributed by atoms with Crippen LogP contribution >= 0.6 is 0 Å². The Bertz CT molecular complexity index is 1120. The zero-order chi connectivity index (χ0) is 24.1. The number of halogens is 2. The van der Waals surface area contributed by atoms with Gasteiger partial charge in [0.1, 0.15) is 11.6 Å². The summed E-state index contributed by atoms with van der Waals surface area (Å²) in [7, 11) is 1.26. The van der Waals surface area contributed by atoms with Gasteiger partial charge in [0.25, 0.3) is 0 Å². The summed E-state index contributed by atoms with van der Waals surface area (Å²) in [5.41, 5.74) is 1.44. The summed E-state index contributed by atoms with van der Waals surface area (Å²) in [6.45, 7) is 4.04. The monoisotopic (exact) mass is 458 g/mol. The molecule has 10 heteroatoms. The SMILES string of the molecule is CCCN1C(=O)NC(c2cccc(NC(=O)Nc3ccc(F)cc3F)c2)C(C(=O)OC)=C1C. The summed E-state index contributed by atoms with van der Waals surface area (Å²) in [6, 6.07) is 7.40. The molecule has 8 nitrogen and oxygen atoms in total. The molecule has 0 radical (unpaired) electrons. The summed E-state index contributed by atoms with van der Waals surface area (Å²) in [5, 5.41) is 7.67. The first-order valence-electron chi connectivity index (χ1n) is 10.2. The van der Waals surface area contributed by atoms with Crippen LogP contribution in [0.4, 0.5) is 29.7 Å². The molecule has 0 bridgehead atoms. The molecule has 1 heterocycles. The first-order chi connectivity index (χ1) is 15.7. The van der Waals surface area contributed by atoms with E-state index in [0.29, 0.717) is 36.0 Å². The Morgan fingerprint density at radius 2 is 1.91 bits per heavy atom. The van der Waals surface area contributed by atoms with Crippen molar-refractivity contribution in [3.05, 3.63) is 70.9 Å². The molecule has 33 heavy (non-hydrogen) atoms. The van der Waals surface area contributed by atoms with Crippen LogP contribution in [0.15, 0.2) is 53.7 Å². The van der Waals surface area contributed by atoms with Crippen LogP contribution in [0.1, 0.15) is 31.9 Å². The van der Waals surface area contributed by atoms with Crippen molar-refractivity contribution in [3.63, 3.8) is 0 Å². The van der Waals surface area contributed by atoms with E-state index in [9.17, 15) is 23.2 Å². The van der Waals surface area contributed by atoms with Gasteiger partial charge in [-0.15, -0.1) is 0 Å². The lowest BCUT2D eigenvalue weighted by Gasteiger charge is -2.35. The first-order valence-corrected chi connectivity index (χ1v) is 10.2. The molecule has 1 atom stereocenters. The molecule has 3 N–H and O–H groups in total. The maximum Gasteiger partial charge on any atom is 0.337 e. The molecule has 3 rings (SSSR count). The van der Waals surface area contributed by atoms with E-state index in [2.05, 4.69) is 16.0 Å². The lowest BCUT2D eigenvalue weighted by atomic mass is 9.94. The van der Waals surface area contributed by atoms with E-state index >= 15 is 0 Å². The second kappa shape index (κ2) is 10.1. The second-order valence-corrected chi connectivity index (χ2v) is 7.35. The highest BCUT2D eigenvalue weighted by molar-refractivity contribution is 6.00. The van der Waals surface area contributed by atoms with Gasteiger partial charge in [0.2, 0.25) is 0 Å². The van der Waals surface area contributed by atoms with Gasteiger partial charge in [-0.2, -0.15) is 0 Å². The highest BCUT2D eigenvalue weighted by Crippen LogP contribution is 2.32. The lowest BCUT2D eigenvalue weighted by Crippen LogP contribution is -2.48. The van der Waals surface area contributed by atoms with Crippen molar-refractivity contribution in [2.24, 2.45) is 0 Å². The minimum absolute atomic E-state index is 0.188. The highest BCUT2D eigenvalue weighted by Gasteiger charge is 2.36. The number of rotatable bonds is 6. The Labute approximate surface area is 189 Å². The minimum atomic E-state index is -0.913. The largest absolute Gasteiger partial charge is 0.466 e. The number of methoxy groups -OCH3 is 1. The Hall–Kier alpha value is -3.95. The number of ether oxygens (including phenoxy) is 1. The molecular weight excluding hydrogens is 434 g/mol. The third-order valence-electron chi connectivity index (χ3n) is 5.11. The van der Waals surface area contributed by atoms with Gasteiger partial charge >= 0.3 is 18.0 Å². The molecule has 1 aliphatic heterocycles. The summed E-state index contributed by atoms with van der Waals surface area (Å²) in [5.74, 6) is -2.26. The highest BCUT2D eigenvalue weighted by atomic mass is 19.1. The van der Waals surface area contributed by atoms with E-state index in [0.717, 1.165) is 12.1 Å². The standard InChI is InChI=1S/C23H24F2N4O4/c1-4-10-29-13(2)19(21(30)33-3)20(28-23(29)32)14-6-5-7-16(11-14)26-22(31)27-18-9-8-15(24)12-17(18)25/h5-9,11-12,20H,4,10H2,1-3H3,(H,28,32)(H2,26,27,31). The number of anilines is 2. The van der Waals surface area contributed by atoms with Gasteiger partial charge in [0.05, 0.1) is 24.4 Å². The zero-order valence-corrected chi connectivity index (χ0v) is 18.4. The molecule has 0 aliphatic carbocycles. The maximum absolute atomic E-state index is 13.8. The predicted octanol–water partition coefficient (Wildman–Crippen LogP) is 4.53. The average molecular weight is 458 g/mol. The molecule has 4 amide bonds. The average Bonchev–Trinajstić information content (AvgIpc) is 2.78. The molecule has 0 aromatic heterocycles. The Morgan fingerprint density at radius 1 is 1.15 bits per heavy atom.